The van der Waals surface area contributed by atoms with Crippen LogP contribution in [-0.2, 0) is 15.9 Å². The smallest absolute Gasteiger partial charge is 0.407 e. The molecule has 1 amide bonds. The summed E-state index contributed by atoms with van der Waals surface area (Å²) in [6.07, 6.45) is -3.42. The number of benzene rings is 3. The van der Waals surface area contributed by atoms with Crippen molar-refractivity contribution in [2.75, 3.05) is 6.61 Å². The lowest BCUT2D eigenvalue weighted by Gasteiger charge is -2.28. The number of fused-ring (bicyclic) bond motifs is 3. The van der Waals surface area contributed by atoms with Crippen LogP contribution in [-0.4, -0.2) is 56.8 Å². The summed E-state index contributed by atoms with van der Waals surface area (Å²) in [6, 6.07) is 25.8. The van der Waals surface area contributed by atoms with Gasteiger partial charge in [0, 0.05) is 24.6 Å². The minimum Gasteiger partial charge on any atom is -0.445 e. The molecule has 0 bridgehead atoms. The molecule has 6 rings (SSSR count). The van der Waals surface area contributed by atoms with Crippen LogP contribution in [0.2, 0.25) is 0 Å². The highest BCUT2D eigenvalue weighted by Gasteiger charge is 2.46. The molecule has 10 heteroatoms. The van der Waals surface area contributed by atoms with Crippen LogP contribution in [0.3, 0.4) is 0 Å². The number of aliphatic hydroxyl groups excluding tert-OH is 2. The number of aromatic nitrogens is 2. The van der Waals surface area contributed by atoms with Gasteiger partial charge in [-0.05, 0) is 27.8 Å². The molecule has 41 heavy (non-hydrogen) atoms. The number of hydrogen-bond acceptors (Lipinski definition) is 7. The van der Waals surface area contributed by atoms with Gasteiger partial charge in [-0.3, -0.25) is 14.3 Å². The third kappa shape index (κ3) is 5.08. The molecule has 210 valence electrons. The normalized spacial score (nSPS) is 22.1. The standard InChI is InChI=1S/C31H29N3O7/c35-17-24-28(37)27(29(40-24)34-15-14-25(36)32-30(34)38)33-31(39)41-23(16-18-8-2-1-3-9-18)26-21-12-6-4-10-19(21)20-11-5-7-13-22(20)26/h1-15,23-24,26-29,35,37H,16-17H2,(H,33,39)(H,32,36,38)/t23?,24-,27?,28+,29-/m1/s1. The van der Waals surface area contributed by atoms with E-state index in [1.54, 1.807) is 0 Å². The fourth-order valence-electron chi connectivity index (χ4n) is 5.89. The predicted molar refractivity (Wildman–Crippen MR) is 149 cm³/mol. The molecule has 1 aromatic heterocycles. The summed E-state index contributed by atoms with van der Waals surface area (Å²) >= 11 is 0. The van der Waals surface area contributed by atoms with Gasteiger partial charge in [0.2, 0.25) is 0 Å². The lowest BCUT2D eigenvalue weighted by atomic mass is 9.87. The Labute approximate surface area is 234 Å². The van der Waals surface area contributed by atoms with Gasteiger partial charge in [-0.25, -0.2) is 9.59 Å². The van der Waals surface area contributed by atoms with E-state index in [9.17, 15) is 24.6 Å². The average molecular weight is 556 g/mol. The van der Waals surface area contributed by atoms with Crippen LogP contribution >= 0.6 is 0 Å². The number of ether oxygens (including phenoxy) is 2. The molecule has 0 spiro atoms. The van der Waals surface area contributed by atoms with Crippen molar-refractivity contribution in [3.05, 3.63) is 129 Å². The second kappa shape index (κ2) is 11.2. The monoisotopic (exact) mass is 555 g/mol. The molecule has 1 saturated heterocycles. The average Bonchev–Trinajstić information content (AvgIpc) is 3.47. The van der Waals surface area contributed by atoms with Crippen LogP contribution in [0.15, 0.2) is 101 Å². The molecule has 2 heterocycles. The first-order chi connectivity index (χ1) is 19.9. The summed E-state index contributed by atoms with van der Waals surface area (Å²) in [5.74, 6) is -0.249. The molecule has 5 atom stereocenters. The van der Waals surface area contributed by atoms with E-state index in [1.807, 2.05) is 66.7 Å². The van der Waals surface area contributed by atoms with E-state index in [4.69, 9.17) is 9.47 Å². The largest absolute Gasteiger partial charge is 0.445 e. The molecule has 1 aliphatic carbocycles. The van der Waals surface area contributed by atoms with E-state index in [0.29, 0.717) is 6.42 Å². The van der Waals surface area contributed by atoms with Gasteiger partial charge in [-0.1, -0.05) is 78.9 Å². The third-order valence-corrected chi connectivity index (χ3v) is 7.75. The maximum Gasteiger partial charge on any atom is 0.407 e. The number of aliphatic hydroxyl groups is 2. The SMILES string of the molecule is O=C(NC1[C@@H](O)[C@@H](CO)O[C@H]1n1ccc(=O)[nH]c1=O)OC(Cc1ccccc1)C1c2ccccc2-c2ccccc21. The highest BCUT2D eigenvalue weighted by molar-refractivity contribution is 5.79. The van der Waals surface area contributed by atoms with E-state index in [-0.39, 0.29) is 5.92 Å². The Morgan fingerprint density at radius 1 is 0.951 bits per heavy atom. The van der Waals surface area contributed by atoms with Crippen LogP contribution in [0, 0.1) is 0 Å². The number of hydrogen-bond donors (Lipinski definition) is 4. The van der Waals surface area contributed by atoms with Gasteiger partial charge >= 0.3 is 11.8 Å². The van der Waals surface area contributed by atoms with Crippen LogP contribution in [0.4, 0.5) is 4.79 Å². The van der Waals surface area contributed by atoms with Crippen molar-refractivity contribution in [2.24, 2.45) is 0 Å². The van der Waals surface area contributed by atoms with Crippen LogP contribution in [0.5, 0.6) is 0 Å². The zero-order valence-electron chi connectivity index (χ0n) is 21.9. The summed E-state index contributed by atoms with van der Waals surface area (Å²) in [4.78, 5) is 39.7. The van der Waals surface area contributed by atoms with Crippen molar-refractivity contribution in [1.82, 2.24) is 14.9 Å². The number of aromatic amines is 1. The van der Waals surface area contributed by atoms with Crippen molar-refractivity contribution >= 4 is 6.09 Å². The van der Waals surface area contributed by atoms with Crippen LogP contribution in [0.1, 0.15) is 28.8 Å². The van der Waals surface area contributed by atoms with Gasteiger partial charge in [-0.15, -0.1) is 0 Å². The molecule has 2 unspecified atom stereocenters. The maximum atomic E-state index is 13.5. The summed E-state index contributed by atoms with van der Waals surface area (Å²) in [5.41, 5.74) is 3.85. The van der Waals surface area contributed by atoms with Crippen molar-refractivity contribution < 1.29 is 24.5 Å². The van der Waals surface area contributed by atoms with E-state index in [2.05, 4.69) is 22.4 Å². The molecule has 3 aromatic carbocycles. The Bertz CT molecular complexity index is 1620. The van der Waals surface area contributed by atoms with Gasteiger partial charge in [0.05, 0.1) is 6.61 Å². The zero-order valence-corrected chi connectivity index (χ0v) is 21.9. The van der Waals surface area contributed by atoms with Crippen molar-refractivity contribution in [1.29, 1.82) is 0 Å². The Morgan fingerprint density at radius 3 is 2.22 bits per heavy atom. The van der Waals surface area contributed by atoms with E-state index in [0.717, 1.165) is 38.5 Å². The second-order valence-corrected chi connectivity index (χ2v) is 10.2. The molecule has 4 N–H and O–H groups in total. The predicted octanol–water partition coefficient (Wildman–Crippen LogP) is 2.31. The summed E-state index contributed by atoms with van der Waals surface area (Å²) in [7, 11) is 0. The van der Waals surface area contributed by atoms with Crippen molar-refractivity contribution in [2.45, 2.75) is 42.9 Å². The lowest BCUT2D eigenvalue weighted by Crippen LogP contribution is -2.49. The van der Waals surface area contributed by atoms with Gasteiger partial charge in [-0.2, -0.15) is 0 Å². The number of nitrogens with one attached hydrogen (secondary N) is 2. The number of nitrogens with zero attached hydrogens (tertiary/aromatic N) is 1. The van der Waals surface area contributed by atoms with Gasteiger partial charge < -0.3 is 25.0 Å². The van der Waals surface area contributed by atoms with Crippen LogP contribution < -0.4 is 16.6 Å². The van der Waals surface area contributed by atoms with Crippen molar-refractivity contribution in [3.63, 3.8) is 0 Å². The molecule has 0 saturated carbocycles. The Hall–Kier alpha value is -4.51. The number of carbonyl (C=O) groups is 1. The molecular weight excluding hydrogens is 526 g/mol. The number of rotatable bonds is 7. The van der Waals surface area contributed by atoms with E-state index < -0.39 is 54.5 Å². The summed E-state index contributed by atoms with van der Waals surface area (Å²) in [5, 5.41) is 23.3. The lowest BCUT2D eigenvalue weighted by molar-refractivity contribution is -0.0470. The number of carbonyl (C=O) groups excluding carboxylic acids is 1. The molecular formula is C31H29N3O7. The highest BCUT2D eigenvalue weighted by Crippen LogP contribution is 2.47. The maximum absolute atomic E-state index is 13.5. The first-order valence-corrected chi connectivity index (χ1v) is 13.4. The van der Waals surface area contributed by atoms with Crippen LogP contribution in [0.25, 0.3) is 11.1 Å². The Morgan fingerprint density at radius 2 is 1.59 bits per heavy atom. The highest BCUT2D eigenvalue weighted by atomic mass is 16.6. The summed E-state index contributed by atoms with van der Waals surface area (Å²) < 4.78 is 12.9. The Kier molecular flexibility index (Phi) is 7.27. The summed E-state index contributed by atoms with van der Waals surface area (Å²) in [6.45, 7) is -0.546. The number of H-pyrrole nitrogens is 1. The van der Waals surface area contributed by atoms with E-state index in [1.165, 1.54) is 6.20 Å². The zero-order chi connectivity index (χ0) is 28.5. The molecule has 1 fully saturated rings. The molecule has 1 aliphatic heterocycles. The third-order valence-electron chi connectivity index (χ3n) is 7.75. The number of amides is 1. The molecule has 2 aliphatic rings. The molecule has 0 radical (unpaired) electrons. The van der Waals surface area contributed by atoms with Crippen molar-refractivity contribution in [3.8, 4) is 11.1 Å². The minimum atomic E-state index is -1.35. The first kappa shape index (κ1) is 26.7. The van der Waals surface area contributed by atoms with Gasteiger partial charge in [0.1, 0.15) is 24.4 Å². The Balaban J connectivity index is 1.32. The molecule has 10 nitrogen and oxygen atoms in total. The molecule has 4 aromatic rings. The fourth-order valence-corrected chi connectivity index (χ4v) is 5.89. The second-order valence-electron chi connectivity index (χ2n) is 10.2. The number of alkyl carbamates (subject to hydrolysis) is 1. The van der Waals surface area contributed by atoms with E-state index >= 15 is 0 Å². The quantitative estimate of drug-likeness (QED) is 0.274. The fraction of sp³-hybridized carbons (Fsp3) is 0.258. The first-order valence-electron chi connectivity index (χ1n) is 13.4. The van der Waals surface area contributed by atoms with Gasteiger partial charge in [0.15, 0.2) is 6.23 Å². The van der Waals surface area contributed by atoms with Gasteiger partial charge in [0.25, 0.3) is 5.56 Å². The minimum absolute atomic E-state index is 0.249. The topological polar surface area (TPSA) is 143 Å².